The van der Waals surface area contributed by atoms with Gasteiger partial charge in [-0.15, -0.1) is 0 Å². The van der Waals surface area contributed by atoms with Crippen LogP contribution in [0.15, 0.2) is 72.8 Å². The molecule has 0 aliphatic rings. The summed E-state index contributed by atoms with van der Waals surface area (Å²) in [5, 5.41) is 3.05. The van der Waals surface area contributed by atoms with Crippen molar-refractivity contribution in [3.05, 3.63) is 101 Å². The molecular formula is C26H30FN3O3S. The maximum atomic E-state index is 14.4. The summed E-state index contributed by atoms with van der Waals surface area (Å²) in [5.74, 6) is -0.850. The Morgan fingerprint density at radius 2 is 1.59 bits per heavy atom. The van der Waals surface area contributed by atoms with Gasteiger partial charge in [-0.25, -0.2) is 4.39 Å². The quantitative estimate of drug-likeness (QED) is 0.474. The van der Waals surface area contributed by atoms with Gasteiger partial charge in [0.2, 0.25) is 0 Å². The Bertz CT molecular complexity index is 1230. The number of hydrogen-bond acceptors (Lipinski definition) is 3. The van der Waals surface area contributed by atoms with Gasteiger partial charge in [0.05, 0.1) is 18.3 Å². The van der Waals surface area contributed by atoms with Gasteiger partial charge in [0, 0.05) is 19.7 Å². The van der Waals surface area contributed by atoms with Crippen LogP contribution in [-0.2, 0) is 16.8 Å². The third-order valence-corrected chi connectivity index (χ3v) is 7.40. The smallest absolute Gasteiger partial charge is 0.303 e. The number of anilines is 1. The number of halogens is 1. The molecule has 0 unspecified atom stereocenters. The maximum Gasteiger partial charge on any atom is 0.303 e. The average molecular weight is 484 g/mol. The molecule has 0 spiro atoms. The topological polar surface area (TPSA) is 69.7 Å². The normalized spacial score (nSPS) is 12.4. The van der Waals surface area contributed by atoms with Crippen LogP contribution >= 0.6 is 0 Å². The van der Waals surface area contributed by atoms with E-state index in [9.17, 15) is 17.6 Å². The Morgan fingerprint density at radius 1 is 0.971 bits per heavy atom. The van der Waals surface area contributed by atoms with Crippen molar-refractivity contribution in [2.24, 2.45) is 0 Å². The molecule has 1 N–H and O–H groups in total. The number of nitrogens with zero attached hydrogens (tertiary/aromatic N) is 2. The number of hydrogen-bond donors (Lipinski definition) is 1. The number of carbonyl (C=O) groups excluding carboxylic acids is 1. The van der Waals surface area contributed by atoms with Crippen molar-refractivity contribution in [3.8, 4) is 0 Å². The van der Waals surface area contributed by atoms with Gasteiger partial charge >= 0.3 is 10.2 Å². The first-order valence-corrected chi connectivity index (χ1v) is 12.4. The molecule has 3 aromatic carbocycles. The van der Waals surface area contributed by atoms with Crippen molar-refractivity contribution in [1.29, 1.82) is 0 Å². The van der Waals surface area contributed by atoms with E-state index >= 15 is 0 Å². The molecule has 0 bridgehead atoms. The molecule has 3 rings (SSSR count). The number of nitrogens with one attached hydrogen (secondary N) is 1. The highest BCUT2D eigenvalue weighted by molar-refractivity contribution is 7.90. The molecule has 0 aliphatic carbocycles. The largest absolute Gasteiger partial charge is 0.345 e. The van der Waals surface area contributed by atoms with Gasteiger partial charge in [-0.3, -0.25) is 9.10 Å². The lowest BCUT2D eigenvalue weighted by Gasteiger charge is -2.27. The van der Waals surface area contributed by atoms with Crippen LogP contribution in [0, 0.1) is 12.7 Å². The highest BCUT2D eigenvalue weighted by Crippen LogP contribution is 2.25. The zero-order valence-electron chi connectivity index (χ0n) is 19.8. The van der Waals surface area contributed by atoms with Crippen molar-refractivity contribution < 1.29 is 17.6 Å². The highest BCUT2D eigenvalue weighted by Gasteiger charge is 2.27. The lowest BCUT2D eigenvalue weighted by molar-refractivity contribution is 0.0935. The van der Waals surface area contributed by atoms with Crippen LogP contribution in [0.3, 0.4) is 0 Å². The minimum Gasteiger partial charge on any atom is -0.345 e. The van der Waals surface area contributed by atoms with Crippen LogP contribution in [-0.4, -0.2) is 32.7 Å². The summed E-state index contributed by atoms with van der Waals surface area (Å²) in [4.78, 5) is 12.8. The minimum absolute atomic E-state index is 0.0399. The molecule has 0 radical (unpaired) electrons. The SMILES string of the molecule is CC[C@@H](NC(=O)c1ccc(CN(c2ccccc2F)S(=O)(=O)N(C)C)cc1)c1ccc(C)cc1. The van der Waals surface area contributed by atoms with Crippen LogP contribution in [0.5, 0.6) is 0 Å². The second kappa shape index (κ2) is 10.8. The van der Waals surface area contributed by atoms with Crippen molar-refractivity contribution in [3.63, 3.8) is 0 Å². The summed E-state index contributed by atoms with van der Waals surface area (Å²) in [6.07, 6.45) is 0.743. The van der Waals surface area contributed by atoms with E-state index in [-0.39, 0.29) is 24.2 Å². The lowest BCUT2D eigenvalue weighted by Crippen LogP contribution is -2.40. The molecule has 0 aliphatic heterocycles. The van der Waals surface area contributed by atoms with Crippen LogP contribution in [0.4, 0.5) is 10.1 Å². The predicted octanol–water partition coefficient (Wildman–Crippen LogP) is 4.83. The van der Waals surface area contributed by atoms with Gasteiger partial charge in [-0.2, -0.15) is 12.7 Å². The highest BCUT2D eigenvalue weighted by atomic mass is 32.2. The summed E-state index contributed by atoms with van der Waals surface area (Å²) in [6, 6.07) is 20.3. The Hall–Kier alpha value is -3.23. The molecule has 0 saturated heterocycles. The second-order valence-corrected chi connectivity index (χ2v) is 10.4. The van der Waals surface area contributed by atoms with E-state index < -0.39 is 16.0 Å². The number of para-hydroxylation sites is 1. The summed E-state index contributed by atoms with van der Waals surface area (Å²) in [6.45, 7) is 3.95. The van der Waals surface area contributed by atoms with E-state index in [1.165, 1.54) is 32.3 Å². The minimum atomic E-state index is -3.94. The summed E-state index contributed by atoms with van der Waals surface area (Å²) in [5.41, 5.74) is 3.23. The van der Waals surface area contributed by atoms with E-state index in [2.05, 4.69) is 5.32 Å². The van der Waals surface area contributed by atoms with Gasteiger partial charge in [0.15, 0.2) is 0 Å². The van der Waals surface area contributed by atoms with Gasteiger partial charge in [-0.05, 0) is 48.7 Å². The number of aryl methyl sites for hydroxylation is 1. The predicted molar refractivity (Wildman–Crippen MR) is 133 cm³/mol. The molecule has 1 atom stereocenters. The van der Waals surface area contributed by atoms with E-state index in [0.717, 1.165) is 26.2 Å². The van der Waals surface area contributed by atoms with Crippen LogP contribution in [0.25, 0.3) is 0 Å². The Kier molecular flexibility index (Phi) is 8.06. The number of amides is 1. The molecule has 0 saturated carbocycles. The van der Waals surface area contributed by atoms with Crippen molar-refractivity contribution >= 4 is 21.8 Å². The lowest BCUT2D eigenvalue weighted by atomic mass is 10.0. The van der Waals surface area contributed by atoms with E-state index in [0.29, 0.717) is 11.1 Å². The molecular weight excluding hydrogens is 453 g/mol. The zero-order chi connectivity index (χ0) is 24.9. The zero-order valence-corrected chi connectivity index (χ0v) is 20.6. The van der Waals surface area contributed by atoms with Crippen molar-refractivity contribution in [1.82, 2.24) is 9.62 Å². The monoisotopic (exact) mass is 483 g/mol. The van der Waals surface area contributed by atoms with Crippen LogP contribution in [0.2, 0.25) is 0 Å². The molecule has 0 aromatic heterocycles. The standard InChI is InChI=1S/C26H30FN3O3S/c1-5-24(21-14-10-19(2)11-15-21)28-26(31)22-16-12-20(13-17-22)18-30(34(32,33)29(3)4)25-9-7-6-8-23(25)27/h6-17,24H,5,18H2,1-4H3,(H,28,31)/t24-/m1/s1. The van der Waals surface area contributed by atoms with E-state index in [1.54, 1.807) is 30.3 Å². The molecule has 3 aromatic rings. The third kappa shape index (κ3) is 5.81. The summed E-state index contributed by atoms with van der Waals surface area (Å²) >= 11 is 0. The van der Waals surface area contributed by atoms with E-state index in [1.807, 2.05) is 38.1 Å². The van der Waals surface area contributed by atoms with Gasteiger partial charge < -0.3 is 5.32 Å². The fraction of sp³-hybridized carbons (Fsp3) is 0.269. The van der Waals surface area contributed by atoms with Crippen LogP contribution in [0.1, 0.15) is 46.4 Å². The Balaban J connectivity index is 1.80. The average Bonchev–Trinajstić information content (AvgIpc) is 2.82. The first-order valence-electron chi connectivity index (χ1n) is 11.0. The van der Waals surface area contributed by atoms with E-state index in [4.69, 9.17) is 0 Å². The maximum absolute atomic E-state index is 14.4. The summed E-state index contributed by atoms with van der Waals surface area (Å²) < 4.78 is 42.3. The van der Waals surface area contributed by atoms with Gasteiger partial charge in [0.1, 0.15) is 5.82 Å². The fourth-order valence-electron chi connectivity index (χ4n) is 3.53. The third-order valence-electron chi connectivity index (χ3n) is 5.60. The molecule has 0 heterocycles. The number of benzene rings is 3. The number of carbonyl (C=O) groups is 1. The van der Waals surface area contributed by atoms with Crippen molar-refractivity contribution in [2.45, 2.75) is 32.9 Å². The fourth-order valence-corrected chi connectivity index (χ4v) is 4.63. The van der Waals surface area contributed by atoms with Gasteiger partial charge in [0.25, 0.3) is 5.91 Å². The molecule has 180 valence electrons. The molecule has 1 amide bonds. The first-order chi connectivity index (χ1) is 16.1. The molecule has 0 fully saturated rings. The molecule has 34 heavy (non-hydrogen) atoms. The summed E-state index contributed by atoms with van der Waals surface area (Å²) in [7, 11) is -1.15. The molecule has 8 heteroatoms. The number of rotatable bonds is 9. The Labute approximate surface area is 201 Å². The first kappa shape index (κ1) is 25.4. The van der Waals surface area contributed by atoms with Crippen molar-refractivity contribution in [2.75, 3.05) is 18.4 Å². The van der Waals surface area contributed by atoms with Crippen LogP contribution < -0.4 is 9.62 Å². The Morgan fingerprint density at radius 3 is 2.15 bits per heavy atom. The molecule has 6 nitrogen and oxygen atoms in total. The second-order valence-electron chi connectivity index (χ2n) is 8.29. The van der Waals surface area contributed by atoms with Gasteiger partial charge in [-0.1, -0.05) is 61.0 Å².